The number of benzene rings is 2. The van der Waals surface area contributed by atoms with Crippen LogP contribution >= 0.6 is 0 Å². The van der Waals surface area contributed by atoms with Gasteiger partial charge in [0.05, 0.1) is 14.2 Å². The van der Waals surface area contributed by atoms with Crippen LogP contribution in [-0.4, -0.2) is 33.1 Å². The number of nitrogens with one attached hydrogen (secondary N) is 1. The Morgan fingerprint density at radius 2 is 1.64 bits per heavy atom. The normalized spacial score (nSPS) is 10.5. The number of hydrogen-bond acceptors (Lipinski definition) is 4. The summed E-state index contributed by atoms with van der Waals surface area (Å²) in [6.45, 7) is 1.36. The van der Waals surface area contributed by atoms with Crippen LogP contribution in [0, 0.1) is 0 Å². The number of halogens is 3. The quantitative estimate of drug-likeness (QED) is 0.837. The molecule has 2 aromatic carbocycles. The zero-order chi connectivity index (χ0) is 19.2. The maximum absolute atomic E-state index is 13.2. The van der Waals surface area contributed by atoms with Crippen molar-refractivity contribution in [3.05, 3.63) is 41.5 Å². The number of ether oxygens (including phenoxy) is 2. The van der Waals surface area contributed by atoms with E-state index in [4.69, 9.17) is 4.74 Å². The zero-order valence-electron chi connectivity index (χ0n) is 14.2. The van der Waals surface area contributed by atoms with Gasteiger partial charge in [0.25, 0.3) is 5.91 Å². The molecule has 0 unspecified atom stereocenters. The summed E-state index contributed by atoms with van der Waals surface area (Å²) in [7, 11) is 3.96. The Balaban J connectivity index is 0.000000550. The van der Waals surface area contributed by atoms with Crippen LogP contribution in [0.1, 0.15) is 22.8 Å². The van der Waals surface area contributed by atoms with Gasteiger partial charge in [0, 0.05) is 19.5 Å². The molecule has 0 aliphatic carbocycles. The Hall–Kier alpha value is -2.77. The second-order valence-electron chi connectivity index (χ2n) is 4.82. The van der Waals surface area contributed by atoms with Crippen molar-refractivity contribution in [2.45, 2.75) is 13.1 Å². The standard InChI is InChI=1S/C14H12F3NO2.C3H6O2/c1-18-13(19)10-5-3-4-9-8(10)6-7-11(20-2)12(9)14(15,16)17;1-3(4)5-2/h3-7H,1-2H3,(H,18,19);1-2H3. The molecule has 25 heavy (non-hydrogen) atoms. The first-order valence-corrected chi connectivity index (χ1v) is 7.10. The molecule has 0 aliphatic rings. The largest absolute Gasteiger partial charge is 0.496 e. The molecule has 0 heterocycles. The second-order valence-corrected chi connectivity index (χ2v) is 4.82. The van der Waals surface area contributed by atoms with E-state index in [1.165, 1.54) is 58.5 Å². The summed E-state index contributed by atoms with van der Waals surface area (Å²) >= 11 is 0. The molecule has 0 spiro atoms. The Bertz CT molecular complexity index is 772. The Morgan fingerprint density at radius 1 is 1.04 bits per heavy atom. The number of rotatable bonds is 2. The third-order valence-corrected chi connectivity index (χ3v) is 3.29. The van der Waals surface area contributed by atoms with Crippen LogP contribution < -0.4 is 10.1 Å². The van der Waals surface area contributed by atoms with Gasteiger partial charge in [-0.2, -0.15) is 13.2 Å². The van der Waals surface area contributed by atoms with E-state index in [1.54, 1.807) is 0 Å². The molecule has 0 fully saturated rings. The minimum Gasteiger partial charge on any atom is -0.496 e. The smallest absolute Gasteiger partial charge is 0.420 e. The van der Waals surface area contributed by atoms with Crippen LogP contribution in [0.3, 0.4) is 0 Å². The minimum absolute atomic E-state index is 0.0575. The molecule has 5 nitrogen and oxygen atoms in total. The van der Waals surface area contributed by atoms with Crippen LogP contribution in [0.2, 0.25) is 0 Å². The summed E-state index contributed by atoms with van der Waals surface area (Å²) < 4.78 is 48.5. The molecule has 2 rings (SSSR count). The Kier molecular flexibility index (Phi) is 6.78. The van der Waals surface area contributed by atoms with E-state index in [1.807, 2.05) is 0 Å². The van der Waals surface area contributed by atoms with Crippen LogP contribution in [-0.2, 0) is 15.7 Å². The fourth-order valence-electron chi connectivity index (χ4n) is 2.13. The molecule has 0 bridgehead atoms. The molecular formula is C17H18F3NO4. The molecule has 136 valence electrons. The summed E-state index contributed by atoms with van der Waals surface area (Å²) in [6.07, 6.45) is -4.56. The van der Waals surface area contributed by atoms with E-state index in [-0.39, 0.29) is 28.1 Å². The van der Waals surface area contributed by atoms with E-state index in [0.717, 1.165) is 0 Å². The van der Waals surface area contributed by atoms with Crippen molar-refractivity contribution in [3.63, 3.8) is 0 Å². The maximum Gasteiger partial charge on any atom is 0.420 e. The molecule has 0 aliphatic heterocycles. The molecule has 0 radical (unpaired) electrons. The number of hydrogen-bond donors (Lipinski definition) is 1. The van der Waals surface area contributed by atoms with Gasteiger partial charge in [0.1, 0.15) is 11.3 Å². The third-order valence-electron chi connectivity index (χ3n) is 3.29. The molecule has 1 amide bonds. The number of amides is 1. The van der Waals surface area contributed by atoms with E-state index >= 15 is 0 Å². The number of carbonyl (C=O) groups is 2. The first kappa shape index (κ1) is 20.3. The van der Waals surface area contributed by atoms with Gasteiger partial charge < -0.3 is 14.8 Å². The lowest BCUT2D eigenvalue weighted by Gasteiger charge is -2.16. The topological polar surface area (TPSA) is 64.6 Å². The van der Waals surface area contributed by atoms with Crippen molar-refractivity contribution in [2.75, 3.05) is 21.3 Å². The van der Waals surface area contributed by atoms with Gasteiger partial charge in [0.2, 0.25) is 0 Å². The first-order valence-electron chi connectivity index (χ1n) is 7.10. The second kappa shape index (κ2) is 8.36. The predicted molar refractivity (Wildman–Crippen MR) is 86.6 cm³/mol. The average Bonchev–Trinajstić information content (AvgIpc) is 2.58. The van der Waals surface area contributed by atoms with Crippen LogP contribution in [0.4, 0.5) is 13.2 Å². The van der Waals surface area contributed by atoms with Crippen LogP contribution in [0.25, 0.3) is 10.8 Å². The van der Waals surface area contributed by atoms with Crippen molar-refractivity contribution in [3.8, 4) is 5.75 Å². The Labute approximate surface area is 142 Å². The van der Waals surface area contributed by atoms with Crippen LogP contribution in [0.5, 0.6) is 5.75 Å². The average molecular weight is 357 g/mol. The minimum atomic E-state index is -4.56. The fraction of sp³-hybridized carbons (Fsp3) is 0.294. The van der Waals surface area contributed by atoms with Gasteiger partial charge in [-0.15, -0.1) is 0 Å². The number of carbonyl (C=O) groups excluding carboxylic acids is 2. The highest BCUT2D eigenvalue weighted by molar-refractivity contribution is 6.08. The highest BCUT2D eigenvalue weighted by atomic mass is 19.4. The fourth-order valence-corrected chi connectivity index (χ4v) is 2.13. The lowest BCUT2D eigenvalue weighted by molar-refractivity contribution is -0.138. The van der Waals surface area contributed by atoms with E-state index < -0.39 is 17.6 Å². The van der Waals surface area contributed by atoms with Crippen molar-refractivity contribution in [1.82, 2.24) is 5.32 Å². The zero-order valence-corrected chi connectivity index (χ0v) is 14.2. The highest BCUT2D eigenvalue weighted by Crippen LogP contribution is 2.41. The molecular weight excluding hydrogens is 339 g/mol. The van der Waals surface area contributed by atoms with Gasteiger partial charge in [-0.1, -0.05) is 12.1 Å². The molecule has 2 aromatic rings. The van der Waals surface area contributed by atoms with Gasteiger partial charge >= 0.3 is 12.1 Å². The van der Waals surface area contributed by atoms with Crippen molar-refractivity contribution >= 4 is 22.6 Å². The predicted octanol–water partition coefficient (Wildman–Crippen LogP) is 3.41. The summed E-state index contributed by atoms with van der Waals surface area (Å²) in [6, 6.07) is 6.90. The number of fused-ring (bicyclic) bond motifs is 1. The monoisotopic (exact) mass is 357 g/mol. The van der Waals surface area contributed by atoms with Crippen molar-refractivity contribution in [1.29, 1.82) is 0 Å². The lowest BCUT2D eigenvalue weighted by atomic mass is 9.98. The van der Waals surface area contributed by atoms with Crippen LogP contribution in [0.15, 0.2) is 30.3 Å². The molecule has 0 saturated heterocycles. The van der Waals surface area contributed by atoms with Crippen molar-refractivity contribution < 1.29 is 32.2 Å². The third kappa shape index (κ3) is 4.85. The molecule has 0 aromatic heterocycles. The number of esters is 1. The summed E-state index contributed by atoms with van der Waals surface area (Å²) in [5.41, 5.74) is -0.679. The van der Waals surface area contributed by atoms with Gasteiger partial charge in [-0.05, 0) is 29.0 Å². The highest BCUT2D eigenvalue weighted by Gasteiger charge is 2.36. The van der Waals surface area contributed by atoms with Gasteiger partial charge in [-0.3, -0.25) is 9.59 Å². The number of alkyl halides is 3. The summed E-state index contributed by atoms with van der Waals surface area (Å²) in [4.78, 5) is 21.3. The lowest BCUT2D eigenvalue weighted by Crippen LogP contribution is -2.18. The van der Waals surface area contributed by atoms with Gasteiger partial charge in [0.15, 0.2) is 0 Å². The van der Waals surface area contributed by atoms with E-state index in [0.29, 0.717) is 0 Å². The molecule has 1 N–H and O–H groups in total. The molecule has 0 atom stereocenters. The van der Waals surface area contributed by atoms with E-state index in [2.05, 4.69) is 10.1 Å². The number of methoxy groups -OCH3 is 2. The summed E-state index contributed by atoms with van der Waals surface area (Å²) in [5.74, 6) is -0.946. The van der Waals surface area contributed by atoms with Gasteiger partial charge in [-0.25, -0.2) is 0 Å². The summed E-state index contributed by atoms with van der Waals surface area (Å²) in [5, 5.41) is 2.59. The first-order chi connectivity index (χ1) is 11.7. The maximum atomic E-state index is 13.2. The Morgan fingerprint density at radius 3 is 2.08 bits per heavy atom. The van der Waals surface area contributed by atoms with Crippen molar-refractivity contribution in [2.24, 2.45) is 0 Å². The molecule has 0 saturated carbocycles. The SMILES string of the molecule is CNC(=O)c1cccc2c(C(F)(F)F)c(OC)ccc12.COC(C)=O. The molecule has 8 heteroatoms. The van der Waals surface area contributed by atoms with E-state index in [9.17, 15) is 22.8 Å².